The minimum Gasteiger partial charge on any atom is -0.480 e. The van der Waals surface area contributed by atoms with Crippen molar-refractivity contribution in [2.75, 3.05) is 25.0 Å². The van der Waals surface area contributed by atoms with Crippen molar-refractivity contribution in [2.45, 2.75) is 58.1 Å². The summed E-state index contributed by atoms with van der Waals surface area (Å²) in [5, 5.41) is 25.7. The maximum atomic E-state index is 13.2. The first kappa shape index (κ1) is 30.0. The van der Waals surface area contributed by atoms with Gasteiger partial charge in [0.15, 0.2) is 0 Å². The molecule has 0 bridgehead atoms. The molecule has 40 heavy (non-hydrogen) atoms. The first-order valence-corrected chi connectivity index (χ1v) is 13.0. The Morgan fingerprint density at radius 3 is 2.33 bits per heavy atom. The smallest absolute Gasteiger partial charge is 0.408 e. The lowest BCUT2D eigenvalue weighted by molar-refractivity contribution is -0.139. The number of likely N-dealkylation sites (tertiary alicyclic amines) is 1. The molecule has 1 atom stereocenters. The molecular formula is C29H35N5O6. The first-order chi connectivity index (χ1) is 18.9. The van der Waals surface area contributed by atoms with Crippen LogP contribution < -0.4 is 16.0 Å². The number of rotatable bonds is 7. The number of carboxylic acid groups (broad SMARTS) is 1. The van der Waals surface area contributed by atoms with Crippen molar-refractivity contribution in [2.24, 2.45) is 0 Å². The fourth-order valence-electron chi connectivity index (χ4n) is 4.33. The van der Waals surface area contributed by atoms with Gasteiger partial charge < -0.3 is 30.7 Å². The minimum absolute atomic E-state index is 0.144. The fraction of sp³-hybridized carbons (Fsp3) is 0.414. The summed E-state index contributed by atoms with van der Waals surface area (Å²) in [6.07, 6.45) is 0.697. The molecule has 0 radical (unpaired) electrons. The molecule has 1 fully saturated rings. The van der Waals surface area contributed by atoms with Crippen LogP contribution in [0.15, 0.2) is 42.5 Å². The second-order valence-corrected chi connectivity index (χ2v) is 10.7. The van der Waals surface area contributed by atoms with Crippen LogP contribution in [-0.4, -0.2) is 65.3 Å². The molecule has 1 aliphatic heterocycles. The second kappa shape index (κ2) is 13.0. The third-order valence-electron chi connectivity index (χ3n) is 6.48. The summed E-state index contributed by atoms with van der Waals surface area (Å²) >= 11 is 0. The van der Waals surface area contributed by atoms with Crippen molar-refractivity contribution in [3.05, 3.63) is 64.7 Å². The van der Waals surface area contributed by atoms with Crippen LogP contribution in [0.25, 0.3) is 0 Å². The molecule has 0 aliphatic carbocycles. The molecule has 2 aromatic carbocycles. The van der Waals surface area contributed by atoms with Gasteiger partial charge in [0.05, 0.1) is 18.2 Å². The molecule has 212 valence electrons. The summed E-state index contributed by atoms with van der Waals surface area (Å²) in [5.74, 6) is -1.16. The van der Waals surface area contributed by atoms with Crippen molar-refractivity contribution in [3.8, 4) is 6.07 Å². The number of hydrogen-bond donors (Lipinski definition) is 4. The van der Waals surface area contributed by atoms with Gasteiger partial charge in [0.1, 0.15) is 11.6 Å². The number of carbonyl (C=O) groups excluding carboxylic acids is 3. The van der Waals surface area contributed by atoms with Gasteiger partial charge in [0.25, 0.3) is 5.91 Å². The maximum absolute atomic E-state index is 13.2. The predicted molar refractivity (Wildman–Crippen MR) is 148 cm³/mol. The maximum Gasteiger partial charge on any atom is 0.408 e. The predicted octanol–water partition coefficient (Wildman–Crippen LogP) is 3.99. The molecule has 0 aromatic heterocycles. The van der Waals surface area contributed by atoms with Crippen molar-refractivity contribution >= 4 is 29.7 Å². The van der Waals surface area contributed by atoms with Crippen LogP contribution in [0.2, 0.25) is 0 Å². The third kappa shape index (κ3) is 8.46. The molecule has 11 nitrogen and oxygen atoms in total. The monoisotopic (exact) mass is 549 g/mol. The highest BCUT2D eigenvalue weighted by atomic mass is 16.6. The fourth-order valence-corrected chi connectivity index (χ4v) is 4.33. The summed E-state index contributed by atoms with van der Waals surface area (Å²) < 4.78 is 5.07. The molecule has 1 aliphatic rings. The number of nitrogens with zero attached hydrogens (tertiary/aromatic N) is 2. The number of carbonyl (C=O) groups is 4. The summed E-state index contributed by atoms with van der Waals surface area (Å²) in [6, 6.07) is 12.6. The van der Waals surface area contributed by atoms with Gasteiger partial charge in [-0.2, -0.15) is 5.26 Å². The zero-order valence-corrected chi connectivity index (χ0v) is 23.1. The Morgan fingerprint density at radius 1 is 1.10 bits per heavy atom. The van der Waals surface area contributed by atoms with E-state index < -0.39 is 29.7 Å². The molecule has 0 spiro atoms. The second-order valence-electron chi connectivity index (χ2n) is 10.7. The number of ether oxygens (including phenoxy) is 1. The van der Waals surface area contributed by atoms with Gasteiger partial charge >= 0.3 is 18.1 Å². The number of carboxylic acids is 1. The van der Waals surface area contributed by atoms with Crippen LogP contribution >= 0.6 is 0 Å². The summed E-state index contributed by atoms with van der Waals surface area (Å²) in [5.41, 5.74) is 2.51. The molecule has 2 aromatic rings. The van der Waals surface area contributed by atoms with Gasteiger partial charge in [-0.25, -0.2) is 14.4 Å². The van der Waals surface area contributed by atoms with Gasteiger partial charge in [-0.3, -0.25) is 4.79 Å². The lowest BCUT2D eigenvalue weighted by Gasteiger charge is -2.32. The first-order valence-electron chi connectivity index (χ1n) is 13.0. The van der Waals surface area contributed by atoms with Crippen LogP contribution in [0.5, 0.6) is 0 Å². The highest BCUT2D eigenvalue weighted by Crippen LogP contribution is 2.29. The molecule has 1 saturated heterocycles. The van der Waals surface area contributed by atoms with Crippen LogP contribution in [0, 0.1) is 18.3 Å². The Kier molecular flexibility index (Phi) is 9.72. The number of urea groups is 1. The zero-order valence-electron chi connectivity index (χ0n) is 23.1. The van der Waals surface area contributed by atoms with Gasteiger partial charge in [0.2, 0.25) is 0 Å². The lowest BCUT2D eigenvalue weighted by atomic mass is 9.89. The van der Waals surface area contributed by atoms with E-state index in [1.807, 2.05) is 24.3 Å². The molecule has 0 unspecified atom stereocenters. The Bertz CT molecular complexity index is 1290. The Balaban J connectivity index is 1.56. The largest absolute Gasteiger partial charge is 0.480 e. The van der Waals surface area contributed by atoms with E-state index in [1.165, 1.54) is 0 Å². The molecule has 4 amide bonds. The number of amides is 4. The molecule has 1 heterocycles. The number of nitriles is 1. The average Bonchev–Trinajstić information content (AvgIpc) is 2.91. The number of benzene rings is 2. The van der Waals surface area contributed by atoms with E-state index in [2.05, 4.69) is 22.0 Å². The number of hydrogen-bond acceptors (Lipinski definition) is 6. The SMILES string of the molecule is Cc1ccc(C(=O)N2CCC(c3ccc(C#N)cc3)CC2)cc1NC(=O)NC[C@H](NC(=O)OC(C)(C)C)C(=O)O. The number of aryl methyl sites for hydroxylation is 1. The topological polar surface area (TPSA) is 161 Å². The Labute approximate surface area is 233 Å². The number of piperidine rings is 1. The van der Waals surface area contributed by atoms with E-state index in [9.17, 15) is 24.3 Å². The lowest BCUT2D eigenvalue weighted by Crippen LogP contribution is -2.50. The standard InChI is InChI=1S/C29H35N5O6/c1-18-5-8-22(25(35)34-13-11-21(12-14-34)20-9-6-19(16-30)7-10-20)15-23(18)32-27(38)31-17-24(26(36)37)33-28(39)40-29(2,3)4/h5-10,15,21,24H,11-14,17H2,1-4H3,(H,33,39)(H,36,37)(H2,31,32,38)/t24-/m0/s1. The van der Waals surface area contributed by atoms with E-state index in [-0.39, 0.29) is 12.5 Å². The normalized spacial score (nSPS) is 14.4. The number of aliphatic carboxylic acids is 1. The van der Waals surface area contributed by atoms with Gasteiger partial charge in [-0.05, 0) is 81.8 Å². The summed E-state index contributed by atoms with van der Waals surface area (Å²) in [6.45, 7) is 7.51. The van der Waals surface area contributed by atoms with Crippen molar-refractivity contribution in [1.29, 1.82) is 5.26 Å². The van der Waals surface area contributed by atoms with E-state index in [0.717, 1.165) is 18.4 Å². The van der Waals surface area contributed by atoms with Crippen LogP contribution in [0.3, 0.4) is 0 Å². The van der Waals surface area contributed by atoms with Crippen molar-refractivity contribution < 1.29 is 29.0 Å². The molecule has 4 N–H and O–H groups in total. The zero-order chi connectivity index (χ0) is 29.4. The van der Waals surface area contributed by atoms with Crippen LogP contribution in [0.1, 0.15) is 66.6 Å². The highest BCUT2D eigenvalue weighted by molar-refractivity contribution is 5.97. The quantitative estimate of drug-likeness (QED) is 0.406. The van der Waals surface area contributed by atoms with Crippen molar-refractivity contribution in [1.82, 2.24) is 15.5 Å². The number of alkyl carbamates (subject to hydrolysis) is 1. The Hall–Kier alpha value is -4.59. The Morgan fingerprint density at radius 2 is 1.75 bits per heavy atom. The average molecular weight is 550 g/mol. The van der Waals surface area contributed by atoms with Crippen molar-refractivity contribution in [3.63, 3.8) is 0 Å². The molecule has 11 heteroatoms. The van der Waals surface area contributed by atoms with Gasteiger partial charge in [-0.15, -0.1) is 0 Å². The molecule has 3 rings (SSSR count). The summed E-state index contributed by atoms with van der Waals surface area (Å²) in [4.78, 5) is 51.0. The summed E-state index contributed by atoms with van der Waals surface area (Å²) in [7, 11) is 0. The van der Waals surface area contributed by atoms with E-state index in [0.29, 0.717) is 41.4 Å². The van der Waals surface area contributed by atoms with Crippen LogP contribution in [-0.2, 0) is 9.53 Å². The van der Waals surface area contributed by atoms with E-state index in [1.54, 1.807) is 50.8 Å². The van der Waals surface area contributed by atoms with Gasteiger partial charge in [-0.1, -0.05) is 18.2 Å². The van der Waals surface area contributed by atoms with Gasteiger partial charge in [0, 0.05) is 24.3 Å². The number of anilines is 1. The van der Waals surface area contributed by atoms with E-state index in [4.69, 9.17) is 10.00 Å². The minimum atomic E-state index is -1.40. The van der Waals surface area contributed by atoms with Crippen LogP contribution in [0.4, 0.5) is 15.3 Å². The molecular weight excluding hydrogens is 514 g/mol. The highest BCUT2D eigenvalue weighted by Gasteiger charge is 2.26. The molecule has 0 saturated carbocycles. The third-order valence-corrected chi connectivity index (χ3v) is 6.48. The van der Waals surface area contributed by atoms with E-state index >= 15 is 0 Å². The number of nitrogens with one attached hydrogen (secondary N) is 3.